The van der Waals surface area contributed by atoms with E-state index < -0.39 is 15.8 Å². The highest BCUT2D eigenvalue weighted by Crippen LogP contribution is 2.19. The molecular weight excluding hydrogens is 331 g/mol. The van der Waals surface area contributed by atoms with Crippen molar-refractivity contribution < 1.29 is 12.8 Å². The second-order valence-electron chi connectivity index (χ2n) is 5.62. The van der Waals surface area contributed by atoms with Gasteiger partial charge in [-0.1, -0.05) is 0 Å². The summed E-state index contributed by atoms with van der Waals surface area (Å²) in [6, 6.07) is 8.38. The summed E-state index contributed by atoms with van der Waals surface area (Å²) in [5.41, 5.74) is 1.42. The fourth-order valence-corrected chi connectivity index (χ4v) is 3.48. The average molecular weight is 348 g/mol. The summed E-state index contributed by atoms with van der Waals surface area (Å²) >= 11 is 0. The molecule has 0 radical (unpaired) electrons. The molecule has 0 fully saturated rings. The topological polar surface area (TPSA) is 76.9 Å². The van der Waals surface area contributed by atoms with E-state index in [-0.39, 0.29) is 17.5 Å². The van der Waals surface area contributed by atoms with Crippen molar-refractivity contribution in [2.75, 3.05) is 0 Å². The summed E-state index contributed by atoms with van der Waals surface area (Å²) in [6.45, 7) is 3.98. The summed E-state index contributed by atoms with van der Waals surface area (Å²) < 4.78 is 42.0. The highest BCUT2D eigenvalue weighted by Gasteiger charge is 2.18. The Hall–Kier alpha value is -2.32. The van der Waals surface area contributed by atoms with Crippen molar-refractivity contribution in [3.05, 3.63) is 54.2 Å². The zero-order chi connectivity index (χ0) is 17.3. The van der Waals surface area contributed by atoms with E-state index in [1.165, 1.54) is 12.1 Å². The molecule has 1 N–H and O–H groups in total. The first kappa shape index (κ1) is 16.5. The van der Waals surface area contributed by atoms with Gasteiger partial charge >= 0.3 is 0 Å². The number of hydrogen-bond acceptors (Lipinski definition) is 4. The largest absolute Gasteiger partial charge is 0.309 e. The first-order valence-corrected chi connectivity index (χ1v) is 8.94. The van der Waals surface area contributed by atoms with Crippen molar-refractivity contribution in [3.63, 3.8) is 0 Å². The van der Waals surface area contributed by atoms with Gasteiger partial charge in [0.05, 0.1) is 11.4 Å². The summed E-state index contributed by atoms with van der Waals surface area (Å²) in [5.74, 6) is 0.0889. The number of rotatable bonds is 5. The van der Waals surface area contributed by atoms with Crippen LogP contribution in [-0.2, 0) is 16.6 Å². The molecule has 0 aliphatic rings. The molecule has 0 bridgehead atoms. The maximum absolute atomic E-state index is 13.0. The summed E-state index contributed by atoms with van der Waals surface area (Å²) in [4.78, 5) is 8.78. The van der Waals surface area contributed by atoms with Crippen LogP contribution in [0.3, 0.4) is 0 Å². The number of benzene rings is 1. The van der Waals surface area contributed by atoms with Crippen LogP contribution in [0.2, 0.25) is 0 Å². The highest BCUT2D eigenvalue weighted by molar-refractivity contribution is 7.89. The van der Waals surface area contributed by atoms with Crippen LogP contribution in [0.15, 0.2) is 47.5 Å². The SMILES string of the molecule is CC(C)n1c(CNS(=O)(=O)c2ccc(F)cc2)nc2cccnc21. The van der Waals surface area contributed by atoms with Crippen LogP contribution in [-0.4, -0.2) is 23.0 Å². The molecule has 0 unspecified atom stereocenters. The third kappa shape index (κ3) is 3.15. The Morgan fingerprint density at radius 1 is 1.21 bits per heavy atom. The lowest BCUT2D eigenvalue weighted by molar-refractivity contribution is 0.556. The quantitative estimate of drug-likeness (QED) is 0.769. The molecule has 3 aromatic rings. The van der Waals surface area contributed by atoms with E-state index in [0.29, 0.717) is 17.0 Å². The van der Waals surface area contributed by atoms with Gasteiger partial charge in [-0.25, -0.2) is 27.5 Å². The molecule has 3 rings (SSSR count). The predicted octanol–water partition coefficient (Wildman–Crippen LogP) is 2.63. The minimum Gasteiger partial charge on any atom is -0.309 e. The van der Waals surface area contributed by atoms with Crippen molar-refractivity contribution >= 4 is 21.2 Å². The highest BCUT2D eigenvalue weighted by atomic mass is 32.2. The Bertz CT molecular complexity index is 965. The molecule has 24 heavy (non-hydrogen) atoms. The molecule has 0 spiro atoms. The van der Waals surface area contributed by atoms with Crippen LogP contribution in [0.4, 0.5) is 4.39 Å². The van der Waals surface area contributed by atoms with Crippen LogP contribution < -0.4 is 4.72 Å². The first-order valence-electron chi connectivity index (χ1n) is 7.45. The van der Waals surface area contributed by atoms with E-state index in [2.05, 4.69) is 14.7 Å². The Morgan fingerprint density at radius 3 is 2.58 bits per heavy atom. The van der Waals surface area contributed by atoms with Crippen molar-refractivity contribution in [1.29, 1.82) is 0 Å². The third-order valence-electron chi connectivity index (χ3n) is 3.58. The second-order valence-corrected chi connectivity index (χ2v) is 7.38. The molecule has 126 valence electrons. The van der Waals surface area contributed by atoms with Gasteiger partial charge < -0.3 is 4.57 Å². The van der Waals surface area contributed by atoms with E-state index in [1.54, 1.807) is 12.3 Å². The normalized spacial score (nSPS) is 12.2. The number of halogens is 1. The van der Waals surface area contributed by atoms with Crippen LogP contribution >= 0.6 is 0 Å². The Kier molecular flexibility index (Phi) is 4.33. The number of pyridine rings is 1. The molecule has 1 aromatic carbocycles. The van der Waals surface area contributed by atoms with Crippen molar-refractivity contribution in [2.24, 2.45) is 0 Å². The van der Waals surface area contributed by atoms with Gasteiger partial charge in [0.2, 0.25) is 10.0 Å². The van der Waals surface area contributed by atoms with Crippen LogP contribution in [0.1, 0.15) is 25.7 Å². The van der Waals surface area contributed by atoms with Gasteiger partial charge in [-0.05, 0) is 50.2 Å². The maximum atomic E-state index is 13.0. The van der Waals surface area contributed by atoms with Gasteiger partial charge in [0.1, 0.15) is 17.2 Å². The number of fused-ring (bicyclic) bond motifs is 1. The number of nitrogens with one attached hydrogen (secondary N) is 1. The smallest absolute Gasteiger partial charge is 0.240 e. The lowest BCUT2D eigenvalue weighted by Crippen LogP contribution is -2.25. The zero-order valence-electron chi connectivity index (χ0n) is 13.3. The fourth-order valence-electron chi connectivity index (χ4n) is 2.50. The molecule has 0 saturated heterocycles. The molecule has 2 aromatic heterocycles. The lowest BCUT2D eigenvalue weighted by atomic mass is 10.3. The zero-order valence-corrected chi connectivity index (χ0v) is 14.1. The minimum atomic E-state index is -3.75. The molecule has 6 nitrogen and oxygen atoms in total. The number of aromatic nitrogens is 3. The van der Waals surface area contributed by atoms with Gasteiger partial charge in [0, 0.05) is 12.2 Å². The molecule has 0 aliphatic carbocycles. The van der Waals surface area contributed by atoms with Crippen molar-refractivity contribution in [1.82, 2.24) is 19.3 Å². The van der Waals surface area contributed by atoms with Gasteiger partial charge in [0.15, 0.2) is 5.65 Å². The number of imidazole rings is 1. The van der Waals surface area contributed by atoms with Crippen molar-refractivity contribution in [3.8, 4) is 0 Å². The summed E-state index contributed by atoms with van der Waals surface area (Å²) in [6.07, 6.45) is 1.68. The van der Waals surface area contributed by atoms with Crippen LogP contribution in [0.5, 0.6) is 0 Å². The van der Waals surface area contributed by atoms with Gasteiger partial charge in [-0.3, -0.25) is 0 Å². The molecule has 0 amide bonds. The van der Waals surface area contributed by atoms with E-state index in [1.807, 2.05) is 24.5 Å². The second kappa shape index (κ2) is 6.29. The Morgan fingerprint density at radius 2 is 1.92 bits per heavy atom. The third-order valence-corrected chi connectivity index (χ3v) is 5.00. The average Bonchev–Trinajstić information content (AvgIpc) is 2.92. The molecule has 0 saturated carbocycles. The maximum Gasteiger partial charge on any atom is 0.240 e. The fraction of sp³-hybridized carbons (Fsp3) is 0.250. The number of hydrogen-bond donors (Lipinski definition) is 1. The summed E-state index contributed by atoms with van der Waals surface area (Å²) in [5, 5.41) is 0. The monoisotopic (exact) mass is 348 g/mol. The lowest BCUT2D eigenvalue weighted by Gasteiger charge is -2.13. The molecule has 0 atom stereocenters. The standard InChI is InChI=1S/C16H17FN4O2S/c1-11(2)21-15(20-14-4-3-9-18-16(14)21)10-19-24(22,23)13-7-5-12(17)6-8-13/h3-9,11,19H,10H2,1-2H3. The molecule has 8 heteroatoms. The van der Waals surface area contributed by atoms with E-state index in [9.17, 15) is 12.8 Å². The number of nitrogens with zero attached hydrogens (tertiary/aromatic N) is 3. The number of sulfonamides is 1. The van der Waals surface area contributed by atoms with E-state index in [4.69, 9.17) is 0 Å². The van der Waals surface area contributed by atoms with E-state index in [0.717, 1.165) is 12.1 Å². The minimum absolute atomic E-state index is 0.00855. The van der Waals surface area contributed by atoms with E-state index >= 15 is 0 Å². The van der Waals surface area contributed by atoms with Gasteiger partial charge in [-0.15, -0.1) is 0 Å². The van der Waals surface area contributed by atoms with Crippen LogP contribution in [0, 0.1) is 5.82 Å². The van der Waals surface area contributed by atoms with Gasteiger partial charge in [-0.2, -0.15) is 0 Å². The molecule has 2 heterocycles. The summed E-state index contributed by atoms with van der Waals surface area (Å²) in [7, 11) is -3.75. The first-order chi connectivity index (χ1) is 11.4. The van der Waals surface area contributed by atoms with Crippen molar-refractivity contribution in [2.45, 2.75) is 31.3 Å². The van der Waals surface area contributed by atoms with Gasteiger partial charge in [0.25, 0.3) is 0 Å². The molecular formula is C16H17FN4O2S. The Labute approximate surface area is 139 Å². The Balaban J connectivity index is 1.90. The predicted molar refractivity (Wildman–Crippen MR) is 88.3 cm³/mol. The molecule has 0 aliphatic heterocycles. The van der Waals surface area contributed by atoms with Crippen LogP contribution in [0.25, 0.3) is 11.2 Å².